The minimum absolute atomic E-state index is 0.370. The Morgan fingerprint density at radius 3 is 2.67 bits per heavy atom. The van der Waals surface area contributed by atoms with E-state index in [1.165, 1.54) is 0 Å². The maximum Gasteiger partial charge on any atom is 0.339 e. The number of hydrogen-bond donors (Lipinski definition) is 0. The van der Waals surface area contributed by atoms with Crippen molar-refractivity contribution in [3.63, 3.8) is 0 Å². The monoisotopic (exact) mass is 238 g/mol. The molecular weight excluding hydrogens is 224 g/mol. The second-order valence-corrected chi connectivity index (χ2v) is 4.03. The van der Waals surface area contributed by atoms with Gasteiger partial charge in [0.05, 0.1) is 5.56 Å². The standard InChI is InChI=1S/C16H14O2/c1-3-15(4-2)18-16(17)14-10-9-12-7-5-6-8-13(12)11-14/h1,5-11,15H,4H2,2H3. The van der Waals surface area contributed by atoms with Crippen LogP contribution in [0.15, 0.2) is 42.5 Å². The van der Waals surface area contributed by atoms with Crippen LogP contribution in [-0.4, -0.2) is 12.1 Å². The van der Waals surface area contributed by atoms with Crippen molar-refractivity contribution in [3.8, 4) is 12.3 Å². The van der Waals surface area contributed by atoms with Crippen molar-refractivity contribution in [3.05, 3.63) is 48.0 Å². The minimum atomic E-state index is -0.455. The van der Waals surface area contributed by atoms with Gasteiger partial charge in [0.1, 0.15) is 0 Å². The number of rotatable bonds is 3. The van der Waals surface area contributed by atoms with Gasteiger partial charge in [-0.25, -0.2) is 4.79 Å². The smallest absolute Gasteiger partial charge is 0.339 e. The summed E-state index contributed by atoms with van der Waals surface area (Å²) in [4.78, 5) is 11.9. The van der Waals surface area contributed by atoms with Crippen molar-refractivity contribution in [1.82, 2.24) is 0 Å². The van der Waals surface area contributed by atoms with E-state index in [0.29, 0.717) is 12.0 Å². The molecule has 0 saturated carbocycles. The SMILES string of the molecule is C#CC(CC)OC(=O)c1ccc2ccccc2c1. The number of carbonyl (C=O) groups excluding carboxylic acids is 1. The summed E-state index contributed by atoms with van der Waals surface area (Å²) in [5, 5.41) is 2.11. The Kier molecular flexibility index (Phi) is 3.64. The van der Waals surface area contributed by atoms with Crippen LogP contribution in [0, 0.1) is 12.3 Å². The van der Waals surface area contributed by atoms with Crippen LogP contribution in [0.25, 0.3) is 10.8 Å². The van der Waals surface area contributed by atoms with Crippen LogP contribution in [0.3, 0.4) is 0 Å². The lowest BCUT2D eigenvalue weighted by molar-refractivity contribution is 0.0405. The summed E-state index contributed by atoms with van der Waals surface area (Å²) in [7, 11) is 0. The molecule has 0 N–H and O–H groups in total. The summed E-state index contributed by atoms with van der Waals surface area (Å²) in [5.41, 5.74) is 0.530. The van der Waals surface area contributed by atoms with Crippen molar-refractivity contribution in [2.75, 3.05) is 0 Å². The van der Waals surface area contributed by atoms with Crippen molar-refractivity contribution >= 4 is 16.7 Å². The van der Waals surface area contributed by atoms with Crippen molar-refractivity contribution in [2.24, 2.45) is 0 Å². The summed E-state index contributed by atoms with van der Waals surface area (Å²) in [5.74, 6) is 2.08. The zero-order valence-corrected chi connectivity index (χ0v) is 10.2. The molecule has 0 radical (unpaired) electrons. The quantitative estimate of drug-likeness (QED) is 0.605. The van der Waals surface area contributed by atoms with E-state index in [-0.39, 0.29) is 5.97 Å². The van der Waals surface area contributed by atoms with Gasteiger partial charge in [-0.05, 0) is 29.3 Å². The van der Waals surface area contributed by atoms with Gasteiger partial charge in [-0.1, -0.05) is 43.2 Å². The van der Waals surface area contributed by atoms with Crippen LogP contribution < -0.4 is 0 Å². The molecule has 2 nitrogen and oxygen atoms in total. The van der Waals surface area contributed by atoms with Crippen LogP contribution in [-0.2, 0) is 4.74 Å². The average Bonchev–Trinajstić information content (AvgIpc) is 2.44. The highest BCUT2D eigenvalue weighted by molar-refractivity contribution is 5.95. The molecule has 0 heterocycles. The van der Waals surface area contributed by atoms with Gasteiger partial charge in [-0.3, -0.25) is 0 Å². The molecule has 0 amide bonds. The number of ether oxygens (including phenoxy) is 1. The number of hydrogen-bond acceptors (Lipinski definition) is 2. The Morgan fingerprint density at radius 1 is 1.28 bits per heavy atom. The van der Waals surface area contributed by atoms with Gasteiger partial charge in [-0.15, -0.1) is 6.42 Å². The fraction of sp³-hybridized carbons (Fsp3) is 0.188. The summed E-state index contributed by atoms with van der Waals surface area (Å²) < 4.78 is 5.21. The third kappa shape index (κ3) is 2.52. The van der Waals surface area contributed by atoms with Gasteiger partial charge >= 0.3 is 5.97 Å². The molecule has 0 spiro atoms. The minimum Gasteiger partial charge on any atom is -0.446 e. The Balaban J connectivity index is 2.26. The molecule has 0 fully saturated rings. The second kappa shape index (κ2) is 5.37. The van der Waals surface area contributed by atoms with Crippen molar-refractivity contribution in [2.45, 2.75) is 19.4 Å². The number of carbonyl (C=O) groups is 1. The number of esters is 1. The molecule has 1 unspecified atom stereocenters. The molecule has 0 aliphatic carbocycles. The normalized spacial score (nSPS) is 11.8. The Bertz CT molecular complexity index is 608. The van der Waals surface area contributed by atoms with Crippen LogP contribution in [0.1, 0.15) is 23.7 Å². The predicted octanol–water partition coefficient (Wildman–Crippen LogP) is 3.41. The van der Waals surface area contributed by atoms with E-state index in [9.17, 15) is 4.79 Å². The fourth-order valence-corrected chi connectivity index (χ4v) is 1.75. The van der Waals surface area contributed by atoms with E-state index in [0.717, 1.165) is 10.8 Å². The highest BCUT2D eigenvalue weighted by Crippen LogP contribution is 2.16. The molecule has 2 rings (SSSR count). The largest absolute Gasteiger partial charge is 0.446 e. The highest BCUT2D eigenvalue weighted by atomic mass is 16.5. The van der Waals surface area contributed by atoms with Crippen LogP contribution in [0.2, 0.25) is 0 Å². The Morgan fingerprint density at radius 2 is 2.00 bits per heavy atom. The molecule has 2 aromatic carbocycles. The van der Waals surface area contributed by atoms with E-state index in [4.69, 9.17) is 11.2 Å². The molecule has 90 valence electrons. The van der Waals surface area contributed by atoms with E-state index in [1.807, 2.05) is 43.3 Å². The van der Waals surface area contributed by atoms with E-state index >= 15 is 0 Å². The van der Waals surface area contributed by atoms with Crippen molar-refractivity contribution < 1.29 is 9.53 Å². The molecule has 1 atom stereocenters. The van der Waals surface area contributed by atoms with Crippen LogP contribution >= 0.6 is 0 Å². The predicted molar refractivity (Wildman–Crippen MR) is 72.3 cm³/mol. The Hall–Kier alpha value is -2.27. The second-order valence-electron chi connectivity index (χ2n) is 4.03. The van der Waals surface area contributed by atoms with Gasteiger partial charge < -0.3 is 4.74 Å². The molecule has 0 aliphatic rings. The van der Waals surface area contributed by atoms with Crippen molar-refractivity contribution in [1.29, 1.82) is 0 Å². The fourth-order valence-electron chi connectivity index (χ4n) is 1.75. The molecule has 0 saturated heterocycles. The van der Waals surface area contributed by atoms with Gasteiger partial charge in [0.15, 0.2) is 6.10 Å². The van der Waals surface area contributed by atoms with Gasteiger partial charge in [0, 0.05) is 0 Å². The van der Waals surface area contributed by atoms with E-state index in [1.54, 1.807) is 6.07 Å². The molecule has 2 heteroatoms. The molecular formula is C16H14O2. The third-order valence-electron chi connectivity index (χ3n) is 2.79. The van der Waals surface area contributed by atoms with Gasteiger partial charge in [-0.2, -0.15) is 0 Å². The first-order valence-corrected chi connectivity index (χ1v) is 5.90. The van der Waals surface area contributed by atoms with E-state index in [2.05, 4.69) is 5.92 Å². The van der Waals surface area contributed by atoms with Crippen LogP contribution in [0.5, 0.6) is 0 Å². The molecule has 18 heavy (non-hydrogen) atoms. The zero-order valence-electron chi connectivity index (χ0n) is 10.2. The zero-order chi connectivity index (χ0) is 13.0. The first-order valence-electron chi connectivity index (χ1n) is 5.90. The topological polar surface area (TPSA) is 26.3 Å². The first-order chi connectivity index (χ1) is 8.74. The van der Waals surface area contributed by atoms with Gasteiger partial charge in [0.25, 0.3) is 0 Å². The maximum absolute atomic E-state index is 11.9. The lowest BCUT2D eigenvalue weighted by Crippen LogP contribution is -2.15. The number of benzene rings is 2. The summed E-state index contributed by atoms with van der Waals surface area (Å²) in [6.07, 6.45) is 5.44. The average molecular weight is 238 g/mol. The lowest BCUT2D eigenvalue weighted by atomic mass is 10.1. The van der Waals surface area contributed by atoms with Gasteiger partial charge in [0.2, 0.25) is 0 Å². The first kappa shape index (κ1) is 12.2. The molecule has 0 bridgehead atoms. The molecule has 2 aromatic rings. The lowest BCUT2D eigenvalue weighted by Gasteiger charge is -2.10. The van der Waals surface area contributed by atoms with E-state index < -0.39 is 6.10 Å². The maximum atomic E-state index is 11.9. The molecule has 0 aromatic heterocycles. The summed E-state index contributed by atoms with van der Waals surface area (Å²) in [6, 6.07) is 13.3. The third-order valence-corrected chi connectivity index (χ3v) is 2.79. The summed E-state index contributed by atoms with van der Waals surface area (Å²) in [6.45, 7) is 1.89. The molecule has 0 aliphatic heterocycles. The number of fused-ring (bicyclic) bond motifs is 1. The number of terminal acetylenes is 1. The summed E-state index contributed by atoms with van der Waals surface area (Å²) >= 11 is 0. The van der Waals surface area contributed by atoms with Crippen LogP contribution in [0.4, 0.5) is 0 Å². The highest BCUT2D eigenvalue weighted by Gasteiger charge is 2.12. The Labute approximate surface area is 107 Å².